The third-order valence-electron chi connectivity index (χ3n) is 2.52. The number of aromatic nitrogens is 1. The topological polar surface area (TPSA) is 51.4 Å². The van der Waals surface area contributed by atoms with Crippen LogP contribution in [0, 0.1) is 0 Å². The molecule has 1 aromatic rings. The van der Waals surface area contributed by atoms with Crippen LogP contribution >= 0.6 is 0 Å². The molecule has 2 N–H and O–H groups in total. The number of pyridine rings is 1. The number of ether oxygens (including phenoxy) is 1. The summed E-state index contributed by atoms with van der Waals surface area (Å²) in [5.41, 5.74) is 5.63. The Labute approximate surface area is 83.7 Å². The van der Waals surface area contributed by atoms with Crippen LogP contribution in [0.3, 0.4) is 0 Å². The van der Waals surface area contributed by atoms with E-state index in [0.717, 1.165) is 25.2 Å². The molecule has 4 nitrogen and oxygen atoms in total. The Kier molecular flexibility index (Phi) is 2.54. The van der Waals surface area contributed by atoms with E-state index in [-0.39, 0.29) is 6.23 Å². The molecular formula is C10H15N3O. The van der Waals surface area contributed by atoms with Gasteiger partial charge in [-0.1, -0.05) is 6.07 Å². The Bertz CT molecular complexity index is 316. The second-order valence-corrected chi connectivity index (χ2v) is 3.45. The number of hydrogen-bond acceptors (Lipinski definition) is 4. The van der Waals surface area contributed by atoms with E-state index in [1.807, 2.05) is 12.1 Å². The predicted octanol–water partition coefficient (Wildman–Crippen LogP) is 1.24. The second kappa shape index (κ2) is 3.84. The van der Waals surface area contributed by atoms with Gasteiger partial charge in [-0.2, -0.15) is 0 Å². The van der Waals surface area contributed by atoms with E-state index in [1.54, 1.807) is 13.2 Å². The van der Waals surface area contributed by atoms with Crippen molar-refractivity contribution in [3.8, 4) is 0 Å². The maximum absolute atomic E-state index is 5.63. The van der Waals surface area contributed by atoms with Gasteiger partial charge in [0.25, 0.3) is 0 Å². The van der Waals surface area contributed by atoms with Crippen molar-refractivity contribution in [3.63, 3.8) is 0 Å². The van der Waals surface area contributed by atoms with Crippen LogP contribution in [0.2, 0.25) is 0 Å². The molecule has 0 aromatic carbocycles. The van der Waals surface area contributed by atoms with Crippen LogP contribution in [0.15, 0.2) is 18.2 Å². The highest BCUT2D eigenvalue weighted by Gasteiger charge is 2.24. The molecule has 0 bridgehead atoms. The van der Waals surface area contributed by atoms with Crippen molar-refractivity contribution in [3.05, 3.63) is 18.2 Å². The van der Waals surface area contributed by atoms with Crippen LogP contribution in [0.4, 0.5) is 11.6 Å². The third kappa shape index (κ3) is 1.65. The number of anilines is 2. The van der Waals surface area contributed by atoms with Gasteiger partial charge in [0.1, 0.15) is 17.9 Å². The maximum Gasteiger partial charge on any atom is 0.132 e. The van der Waals surface area contributed by atoms with Gasteiger partial charge in [-0.3, -0.25) is 0 Å². The molecule has 1 fully saturated rings. The molecule has 14 heavy (non-hydrogen) atoms. The molecule has 1 aliphatic rings. The summed E-state index contributed by atoms with van der Waals surface area (Å²) < 4.78 is 5.36. The Morgan fingerprint density at radius 3 is 3.14 bits per heavy atom. The molecule has 1 aromatic heterocycles. The quantitative estimate of drug-likeness (QED) is 0.767. The Balaban J connectivity index is 2.21. The highest BCUT2D eigenvalue weighted by Crippen LogP contribution is 2.24. The molecule has 1 aliphatic heterocycles. The van der Waals surface area contributed by atoms with E-state index in [2.05, 4.69) is 9.88 Å². The van der Waals surface area contributed by atoms with Gasteiger partial charge in [-0.05, 0) is 25.0 Å². The van der Waals surface area contributed by atoms with Crippen molar-refractivity contribution >= 4 is 11.6 Å². The van der Waals surface area contributed by atoms with Crippen LogP contribution in [0.5, 0.6) is 0 Å². The van der Waals surface area contributed by atoms with Crippen molar-refractivity contribution in [2.45, 2.75) is 19.1 Å². The Morgan fingerprint density at radius 1 is 1.57 bits per heavy atom. The summed E-state index contributed by atoms with van der Waals surface area (Å²) in [6.45, 7) is 0.995. The van der Waals surface area contributed by atoms with Gasteiger partial charge < -0.3 is 15.4 Å². The van der Waals surface area contributed by atoms with E-state index < -0.39 is 0 Å². The van der Waals surface area contributed by atoms with E-state index >= 15 is 0 Å². The minimum Gasteiger partial charge on any atom is -0.384 e. The first-order valence-electron chi connectivity index (χ1n) is 4.83. The average Bonchev–Trinajstić information content (AvgIpc) is 2.65. The van der Waals surface area contributed by atoms with Crippen LogP contribution < -0.4 is 10.6 Å². The van der Waals surface area contributed by atoms with Gasteiger partial charge in [0.05, 0.1) is 0 Å². The fraction of sp³-hybridized carbons (Fsp3) is 0.500. The summed E-state index contributed by atoms with van der Waals surface area (Å²) in [5, 5.41) is 0. The number of rotatable bonds is 2. The van der Waals surface area contributed by atoms with E-state index in [4.69, 9.17) is 10.5 Å². The van der Waals surface area contributed by atoms with Gasteiger partial charge in [0, 0.05) is 13.7 Å². The first-order valence-corrected chi connectivity index (χ1v) is 4.83. The molecule has 1 saturated heterocycles. The lowest BCUT2D eigenvalue weighted by Crippen LogP contribution is -2.31. The lowest BCUT2D eigenvalue weighted by atomic mass is 10.4. The van der Waals surface area contributed by atoms with Crippen LogP contribution in [0.25, 0.3) is 0 Å². The first-order chi connectivity index (χ1) is 6.81. The standard InChI is InChI=1S/C10H15N3O/c1-14-10-6-3-7-13(10)9-5-2-4-8(11)12-9/h2,4-5,10H,3,6-7H2,1H3,(H2,11,12). The molecule has 0 saturated carbocycles. The Morgan fingerprint density at radius 2 is 2.43 bits per heavy atom. The van der Waals surface area contributed by atoms with Crippen LogP contribution in [-0.2, 0) is 4.74 Å². The lowest BCUT2D eigenvalue weighted by Gasteiger charge is -2.24. The fourth-order valence-corrected chi connectivity index (χ4v) is 1.84. The molecule has 76 valence electrons. The number of methoxy groups -OCH3 is 1. The normalized spacial score (nSPS) is 21.5. The van der Waals surface area contributed by atoms with Crippen molar-refractivity contribution in [2.24, 2.45) is 0 Å². The van der Waals surface area contributed by atoms with Crippen molar-refractivity contribution in [2.75, 3.05) is 24.3 Å². The summed E-state index contributed by atoms with van der Waals surface area (Å²) >= 11 is 0. The largest absolute Gasteiger partial charge is 0.384 e. The highest BCUT2D eigenvalue weighted by molar-refractivity contribution is 5.45. The molecule has 1 unspecified atom stereocenters. The van der Waals surface area contributed by atoms with Crippen LogP contribution in [0.1, 0.15) is 12.8 Å². The number of nitrogen functional groups attached to an aromatic ring is 1. The maximum atomic E-state index is 5.63. The van der Waals surface area contributed by atoms with E-state index in [1.165, 1.54) is 0 Å². The minimum atomic E-state index is 0.157. The number of nitrogens with zero attached hydrogens (tertiary/aromatic N) is 2. The zero-order chi connectivity index (χ0) is 9.97. The van der Waals surface area contributed by atoms with Gasteiger partial charge in [-0.15, -0.1) is 0 Å². The molecular weight excluding hydrogens is 178 g/mol. The van der Waals surface area contributed by atoms with Gasteiger partial charge in [0.15, 0.2) is 0 Å². The zero-order valence-corrected chi connectivity index (χ0v) is 8.31. The van der Waals surface area contributed by atoms with Gasteiger partial charge in [-0.25, -0.2) is 4.98 Å². The molecule has 1 atom stereocenters. The number of hydrogen-bond donors (Lipinski definition) is 1. The van der Waals surface area contributed by atoms with E-state index in [0.29, 0.717) is 5.82 Å². The van der Waals surface area contributed by atoms with Crippen LogP contribution in [-0.4, -0.2) is 24.9 Å². The zero-order valence-electron chi connectivity index (χ0n) is 8.31. The average molecular weight is 193 g/mol. The molecule has 0 radical (unpaired) electrons. The van der Waals surface area contributed by atoms with Gasteiger partial charge >= 0.3 is 0 Å². The predicted molar refractivity (Wildman–Crippen MR) is 56.0 cm³/mol. The second-order valence-electron chi connectivity index (χ2n) is 3.45. The molecule has 2 rings (SSSR count). The first kappa shape index (κ1) is 9.27. The Hall–Kier alpha value is -1.29. The van der Waals surface area contributed by atoms with Crippen molar-refractivity contribution in [1.29, 1.82) is 0 Å². The smallest absolute Gasteiger partial charge is 0.132 e. The fourth-order valence-electron chi connectivity index (χ4n) is 1.84. The monoisotopic (exact) mass is 193 g/mol. The minimum absolute atomic E-state index is 0.157. The van der Waals surface area contributed by atoms with Crippen molar-refractivity contribution in [1.82, 2.24) is 4.98 Å². The third-order valence-corrected chi connectivity index (χ3v) is 2.52. The summed E-state index contributed by atoms with van der Waals surface area (Å²) in [7, 11) is 1.73. The summed E-state index contributed by atoms with van der Waals surface area (Å²) in [6.07, 6.45) is 2.37. The highest BCUT2D eigenvalue weighted by atomic mass is 16.5. The summed E-state index contributed by atoms with van der Waals surface area (Å²) in [5.74, 6) is 1.47. The summed E-state index contributed by atoms with van der Waals surface area (Å²) in [4.78, 5) is 6.43. The number of nitrogens with two attached hydrogens (primary N) is 1. The van der Waals surface area contributed by atoms with E-state index in [9.17, 15) is 0 Å². The molecule has 0 aliphatic carbocycles. The molecule has 2 heterocycles. The molecule has 4 heteroatoms. The summed E-state index contributed by atoms with van der Waals surface area (Å²) in [6, 6.07) is 5.68. The van der Waals surface area contributed by atoms with Crippen molar-refractivity contribution < 1.29 is 4.74 Å². The molecule has 0 spiro atoms. The SMILES string of the molecule is COC1CCCN1c1cccc(N)n1. The lowest BCUT2D eigenvalue weighted by molar-refractivity contribution is 0.111. The van der Waals surface area contributed by atoms with Gasteiger partial charge in [0.2, 0.25) is 0 Å². The molecule has 0 amide bonds.